The van der Waals surface area contributed by atoms with E-state index in [1.807, 2.05) is 0 Å². The van der Waals surface area contributed by atoms with Crippen molar-refractivity contribution in [2.75, 3.05) is 5.32 Å². The van der Waals surface area contributed by atoms with Crippen LogP contribution in [0.2, 0.25) is 0 Å². The Kier molecular flexibility index (Phi) is 3.13. The second-order valence-corrected chi connectivity index (χ2v) is 5.89. The lowest BCUT2D eigenvalue weighted by Gasteiger charge is -2.16. The molecule has 1 nitrogen and oxygen atoms in total. The SMILES string of the molecule is Cc1ccc(Br)cc1NC1Cc2ccccc2C1. The zero-order chi connectivity index (χ0) is 12.5. The van der Waals surface area contributed by atoms with Crippen molar-refractivity contribution < 1.29 is 0 Å². The summed E-state index contributed by atoms with van der Waals surface area (Å²) in [5.74, 6) is 0. The molecule has 0 fully saturated rings. The van der Waals surface area contributed by atoms with Crippen LogP contribution in [0.3, 0.4) is 0 Å². The third-order valence-electron chi connectivity index (χ3n) is 3.61. The molecule has 0 atom stereocenters. The van der Waals surface area contributed by atoms with Gasteiger partial charge in [0.15, 0.2) is 0 Å². The number of benzene rings is 2. The fourth-order valence-electron chi connectivity index (χ4n) is 2.63. The van der Waals surface area contributed by atoms with Gasteiger partial charge in [-0.15, -0.1) is 0 Å². The first-order valence-corrected chi connectivity index (χ1v) is 7.11. The van der Waals surface area contributed by atoms with Gasteiger partial charge in [-0.25, -0.2) is 0 Å². The van der Waals surface area contributed by atoms with E-state index in [1.54, 1.807) is 0 Å². The molecule has 0 saturated heterocycles. The van der Waals surface area contributed by atoms with Gasteiger partial charge in [0.2, 0.25) is 0 Å². The molecular weight excluding hydrogens is 286 g/mol. The molecule has 2 heteroatoms. The summed E-state index contributed by atoms with van der Waals surface area (Å²) >= 11 is 3.53. The largest absolute Gasteiger partial charge is 0.381 e. The Bertz CT molecular complexity index is 552. The summed E-state index contributed by atoms with van der Waals surface area (Å²) < 4.78 is 1.13. The Labute approximate surface area is 116 Å². The van der Waals surface area contributed by atoms with Gasteiger partial charge in [0.05, 0.1) is 0 Å². The lowest BCUT2D eigenvalue weighted by atomic mass is 10.1. The molecule has 0 unspecified atom stereocenters. The van der Waals surface area contributed by atoms with E-state index in [0.717, 1.165) is 17.3 Å². The van der Waals surface area contributed by atoms with E-state index in [0.29, 0.717) is 6.04 Å². The first kappa shape index (κ1) is 11.8. The lowest BCUT2D eigenvalue weighted by Crippen LogP contribution is -2.20. The summed E-state index contributed by atoms with van der Waals surface area (Å²) in [6, 6.07) is 15.7. The Hall–Kier alpha value is -1.28. The highest BCUT2D eigenvalue weighted by molar-refractivity contribution is 9.10. The molecule has 0 heterocycles. The molecule has 1 aliphatic carbocycles. The van der Waals surface area contributed by atoms with Crippen LogP contribution < -0.4 is 5.32 Å². The van der Waals surface area contributed by atoms with Crippen molar-refractivity contribution in [2.45, 2.75) is 25.8 Å². The smallest absolute Gasteiger partial charge is 0.0383 e. The second-order valence-electron chi connectivity index (χ2n) is 4.98. The maximum atomic E-state index is 3.67. The number of anilines is 1. The van der Waals surface area contributed by atoms with Crippen molar-refractivity contribution in [3.8, 4) is 0 Å². The van der Waals surface area contributed by atoms with E-state index >= 15 is 0 Å². The molecule has 1 aliphatic rings. The summed E-state index contributed by atoms with van der Waals surface area (Å²) in [7, 11) is 0. The van der Waals surface area contributed by atoms with Crippen molar-refractivity contribution >= 4 is 21.6 Å². The molecular formula is C16H16BrN. The number of halogens is 1. The normalized spacial score (nSPS) is 14.6. The highest BCUT2D eigenvalue weighted by Gasteiger charge is 2.20. The third kappa shape index (κ3) is 2.30. The predicted octanol–water partition coefficient (Wildman–Crippen LogP) is 4.34. The molecule has 2 aromatic carbocycles. The van der Waals surface area contributed by atoms with Crippen LogP contribution in [0.1, 0.15) is 16.7 Å². The zero-order valence-corrected chi connectivity index (χ0v) is 12.0. The van der Waals surface area contributed by atoms with Gasteiger partial charge in [-0.05, 0) is 48.6 Å². The Balaban J connectivity index is 1.78. The van der Waals surface area contributed by atoms with Gasteiger partial charge in [-0.3, -0.25) is 0 Å². The number of fused-ring (bicyclic) bond motifs is 1. The molecule has 3 rings (SSSR count). The van der Waals surface area contributed by atoms with Crippen LogP contribution in [0, 0.1) is 6.92 Å². The van der Waals surface area contributed by atoms with Crippen molar-refractivity contribution in [2.24, 2.45) is 0 Å². The molecule has 2 aromatic rings. The molecule has 0 bridgehead atoms. The summed E-state index contributed by atoms with van der Waals surface area (Å²) in [6.07, 6.45) is 2.25. The minimum Gasteiger partial charge on any atom is -0.381 e. The highest BCUT2D eigenvalue weighted by atomic mass is 79.9. The molecule has 0 spiro atoms. The Morgan fingerprint density at radius 1 is 1.06 bits per heavy atom. The van der Waals surface area contributed by atoms with Crippen LogP contribution in [-0.2, 0) is 12.8 Å². The highest BCUT2D eigenvalue weighted by Crippen LogP contribution is 2.27. The van der Waals surface area contributed by atoms with Gasteiger partial charge < -0.3 is 5.32 Å². The topological polar surface area (TPSA) is 12.0 Å². The number of nitrogens with one attached hydrogen (secondary N) is 1. The lowest BCUT2D eigenvalue weighted by molar-refractivity contribution is 0.773. The average Bonchev–Trinajstić information content (AvgIpc) is 2.76. The first-order chi connectivity index (χ1) is 8.72. The quantitative estimate of drug-likeness (QED) is 0.870. The molecule has 0 aliphatic heterocycles. The maximum Gasteiger partial charge on any atom is 0.0383 e. The first-order valence-electron chi connectivity index (χ1n) is 6.32. The van der Waals surface area contributed by atoms with Crippen LogP contribution in [-0.4, -0.2) is 6.04 Å². The van der Waals surface area contributed by atoms with Gasteiger partial charge in [-0.2, -0.15) is 0 Å². The summed E-state index contributed by atoms with van der Waals surface area (Å²) in [6.45, 7) is 2.15. The van der Waals surface area contributed by atoms with Crippen LogP contribution in [0.5, 0.6) is 0 Å². The Morgan fingerprint density at radius 2 is 1.72 bits per heavy atom. The van der Waals surface area contributed by atoms with Crippen LogP contribution in [0.15, 0.2) is 46.9 Å². The van der Waals surface area contributed by atoms with Crippen molar-refractivity contribution in [1.82, 2.24) is 0 Å². The van der Waals surface area contributed by atoms with Gasteiger partial charge in [0.1, 0.15) is 0 Å². The molecule has 1 N–H and O–H groups in total. The molecule has 18 heavy (non-hydrogen) atoms. The van der Waals surface area contributed by atoms with Gasteiger partial charge in [-0.1, -0.05) is 46.3 Å². The van der Waals surface area contributed by atoms with E-state index in [2.05, 4.69) is 70.6 Å². The third-order valence-corrected chi connectivity index (χ3v) is 4.10. The van der Waals surface area contributed by atoms with Gasteiger partial charge in [0.25, 0.3) is 0 Å². The fourth-order valence-corrected chi connectivity index (χ4v) is 2.99. The van der Waals surface area contributed by atoms with E-state index in [9.17, 15) is 0 Å². The van der Waals surface area contributed by atoms with E-state index in [-0.39, 0.29) is 0 Å². The molecule has 0 aromatic heterocycles. The Morgan fingerprint density at radius 3 is 2.39 bits per heavy atom. The minimum atomic E-state index is 0.524. The second kappa shape index (κ2) is 4.77. The van der Waals surface area contributed by atoms with E-state index < -0.39 is 0 Å². The summed E-state index contributed by atoms with van der Waals surface area (Å²) in [5.41, 5.74) is 5.52. The zero-order valence-electron chi connectivity index (χ0n) is 10.4. The fraction of sp³-hybridized carbons (Fsp3) is 0.250. The van der Waals surface area contributed by atoms with E-state index in [1.165, 1.54) is 22.4 Å². The van der Waals surface area contributed by atoms with Crippen molar-refractivity contribution in [1.29, 1.82) is 0 Å². The number of hydrogen-bond donors (Lipinski definition) is 1. The van der Waals surface area contributed by atoms with Gasteiger partial charge in [0, 0.05) is 16.2 Å². The monoisotopic (exact) mass is 301 g/mol. The average molecular weight is 302 g/mol. The minimum absolute atomic E-state index is 0.524. The van der Waals surface area contributed by atoms with Gasteiger partial charge >= 0.3 is 0 Å². The van der Waals surface area contributed by atoms with E-state index in [4.69, 9.17) is 0 Å². The van der Waals surface area contributed by atoms with Crippen LogP contribution in [0.25, 0.3) is 0 Å². The number of hydrogen-bond acceptors (Lipinski definition) is 1. The molecule has 0 saturated carbocycles. The summed E-state index contributed by atoms with van der Waals surface area (Å²) in [4.78, 5) is 0. The summed E-state index contributed by atoms with van der Waals surface area (Å²) in [5, 5.41) is 3.67. The number of rotatable bonds is 2. The molecule has 92 valence electrons. The van der Waals surface area contributed by atoms with Crippen molar-refractivity contribution in [3.63, 3.8) is 0 Å². The number of aryl methyl sites for hydroxylation is 1. The maximum absolute atomic E-state index is 3.67. The molecule has 0 radical (unpaired) electrons. The molecule has 0 amide bonds. The van der Waals surface area contributed by atoms with Crippen molar-refractivity contribution in [3.05, 3.63) is 63.6 Å². The van der Waals surface area contributed by atoms with Crippen LogP contribution in [0.4, 0.5) is 5.69 Å². The van der Waals surface area contributed by atoms with Crippen LogP contribution >= 0.6 is 15.9 Å². The predicted molar refractivity (Wildman–Crippen MR) is 80.1 cm³/mol. The standard InChI is InChI=1S/C16H16BrN/c1-11-6-7-14(17)10-16(11)18-15-8-12-4-2-3-5-13(12)9-15/h2-7,10,15,18H,8-9H2,1H3.